The molecule has 0 unspecified atom stereocenters. The molecular weight excluding hydrogens is 434 g/mol. The molecule has 0 spiro atoms. The van der Waals surface area contributed by atoms with Crippen LogP contribution in [0.4, 0.5) is 5.95 Å². The van der Waals surface area contributed by atoms with Crippen LogP contribution in [0.2, 0.25) is 0 Å². The topological polar surface area (TPSA) is 82.9 Å². The third kappa shape index (κ3) is 4.08. The zero-order valence-electron chi connectivity index (χ0n) is 20.3. The summed E-state index contributed by atoms with van der Waals surface area (Å²) in [5.74, 6) is 0.0480. The number of aromatic nitrogens is 2. The molecule has 2 heterocycles. The van der Waals surface area contributed by atoms with E-state index in [1.165, 1.54) is 0 Å². The number of rotatable bonds is 8. The second kappa shape index (κ2) is 9.75. The first-order chi connectivity index (χ1) is 16.4. The van der Waals surface area contributed by atoms with Crippen molar-refractivity contribution in [2.24, 2.45) is 11.8 Å². The van der Waals surface area contributed by atoms with Gasteiger partial charge < -0.3 is 18.8 Å². The van der Waals surface area contributed by atoms with Crippen LogP contribution in [0.1, 0.15) is 38.8 Å². The molecule has 4 rings (SSSR count). The van der Waals surface area contributed by atoms with Crippen LogP contribution in [0.3, 0.4) is 0 Å². The molecule has 1 aromatic heterocycles. The predicted octanol–water partition coefficient (Wildman–Crippen LogP) is 4.21. The van der Waals surface area contributed by atoms with Gasteiger partial charge in [0.1, 0.15) is 11.5 Å². The largest absolute Gasteiger partial charge is 0.497 e. The molecule has 0 fully saturated rings. The minimum absolute atomic E-state index is 0.175. The van der Waals surface area contributed by atoms with Crippen molar-refractivity contribution in [2.45, 2.75) is 33.2 Å². The molecule has 34 heavy (non-hydrogen) atoms. The van der Waals surface area contributed by atoms with Crippen molar-refractivity contribution in [3.05, 3.63) is 48.0 Å². The lowest BCUT2D eigenvalue weighted by atomic mass is 9.88. The zero-order valence-corrected chi connectivity index (χ0v) is 20.3. The van der Waals surface area contributed by atoms with Gasteiger partial charge in [-0.1, -0.05) is 26.0 Å². The Balaban J connectivity index is 2.02. The maximum absolute atomic E-state index is 13.9. The van der Waals surface area contributed by atoms with Crippen LogP contribution < -0.4 is 14.4 Å². The number of methoxy groups -OCH3 is 2. The number of carbonyl (C=O) groups is 2. The molecule has 0 N–H and O–H groups in total. The van der Waals surface area contributed by atoms with Gasteiger partial charge in [-0.2, -0.15) is 0 Å². The summed E-state index contributed by atoms with van der Waals surface area (Å²) in [5, 5.41) is 0. The maximum Gasteiger partial charge on any atom is 0.321 e. The zero-order chi connectivity index (χ0) is 24.4. The van der Waals surface area contributed by atoms with E-state index in [0.29, 0.717) is 35.5 Å². The second-order valence-corrected chi connectivity index (χ2v) is 8.73. The monoisotopic (exact) mass is 465 g/mol. The van der Waals surface area contributed by atoms with Gasteiger partial charge in [0, 0.05) is 12.1 Å². The fourth-order valence-corrected chi connectivity index (χ4v) is 4.50. The van der Waals surface area contributed by atoms with Gasteiger partial charge in [-0.3, -0.25) is 14.5 Å². The highest BCUT2D eigenvalue weighted by Crippen LogP contribution is 2.45. The molecule has 180 valence electrons. The summed E-state index contributed by atoms with van der Waals surface area (Å²) in [6.07, 6.45) is 0.775. The first-order valence-corrected chi connectivity index (χ1v) is 11.6. The molecule has 0 saturated carbocycles. The number of ether oxygens (including phenoxy) is 3. The molecule has 2 aromatic carbocycles. The van der Waals surface area contributed by atoms with E-state index in [1.54, 1.807) is 38.2 Å². The number of hydrogen-bond donors (Lipinski definition) is 0. The Morgan fingerprint density at radius 3 is 2.56 bits per heavy atom. The molecule has 1 aliphatic rings. The number of benzene rings is 2. The lowest BCUT2D eigenvalue weighted by Crippen LogP contribution is -2.50. The SMILES string of the molecule is CCOC(=O)[C@@H]1C(=O)N(CCC(C)C)c2nc3ccccc3n2[C@@H]1c1cc(OC)ccc1OC. The number of para-hydroxylation sites is 2. The van der Waals surface area contributed by atoms with Gasteiger partial charge in [-0.05, 0) is 49.6 Å². The van der Waals surface area contributed by atoms with Crippen molar-refractivity contribution in [2.75, 3.05) is 32.3 Å². The molecular formula is C26H31N3O5. The van der Waals surface area contributed by atoms with Crippen molar-refractivity contribution in [1.29, 1.82) is 0 Å². The van der Waals surface area contributed by atoms with Gasteiger partial charge >= 0.3 is 5.97 Å². The summed E-state index contributed by atoms with van der Waals surface area (Å²) in [4.78, 5) is 33.7. The summed E-state index contributed by atoms with van der Waals surface area (Å²) >= 11 is 0. The highest BCUT2D eigenvalue weighted by Gasteiger charge is 2.48. The smallest absolute Gasteiger partial charge is 0.321 e. The lowest BCUT2D eigenvalue weighted by molar-refractivity contribution is -0.153. The average Bonchev–Trinajstić information content (AvgIpc) is 3.21. The maximum atomic E-state index is 13.9. The summed E-state index contributed by atoms with van der Waals surface area (Å²) in [6.45, 7) is 6.57. The second-order valence-electron chi connectivity index (χ2n) is 8.73. The number of anilines is 1. The van der Waals surface area contributed by atoms with Gasteiger partial charge in [0.25, 0.3) is 0 Å². The normalized spacial score (nSPS) is 17.7. The van der Waals surface area contributed by atoms with Crippen LogP contribution >= 0.6 is 0 Å². The number of carbonyl (C=O) groups excluding carboxylic acids is 2. The Morgan fingerprint density at radius 2 is 1.88 bits per heavy atom. The molecule has 2 atom stereocenters. The standard InChI is InChI=1S/C26H31N3O5/c1-6-34-25(31)22-23(18-15-17(32-4)11-12-21(18)33-5)29-20-10-8-7-9-19(20)27-26(29)28(24(22)30)14-13-16(2)3/h7-12,15-16,22-23H,6,13-14H2,1-5H3/t22-,23+/m0/s1. The fourth-order valence-electron chi connectivity index (χ4n) is 4.50. The Bertz CT molecular complexity index is 1200. The summed E-state index contributed by atoms with van der Waals surface area (Å²) in [5.41, 5.74) is 2.22. The quantitative estimate of drug-likeness (QED) is 0.366. The highest BCUT2D eigenvalue weighted by molar-refractivity contribution is 6.08. The molecule has 1 aliphatic heterocycles. The van der Waals surface area contributed by atoms with E-state index in [1.807, 2.05) is 34.9 Å². The van der Waals surface area contributed by atoms with E-state index in [2.05, 4.69) is 13.8 Å². The van der Waals surface area contributed by atoms with Gasteiger partial charge in [0.15, 0.2) is 5.92 Å². The molecule has 8 heteroatoms. The van der Waals surface area contributed by atoms with Crippen LogP contribution in [0.25, 0.3) is 11.0 Å². The van der Waals surface area contributed by atoms with Crippen molar-refractivity contribution in [3.63, 3.8) is 0 Å². The molecule has 0 saturated heterocycles. The van der Waals surface area contributed by atoms with Crippen molar-refractivity contribution < 1.29 is 23.8 Å². The van der Waals surface area contributed by atoms with Gasteiger partial charge in [0.05, 0.1) is 37.9 Å². The first kappa shape index (κ1) is 23.6. The van der Waals surface area contributed by atoms with E-state index in [9.17, 15) is 9.59 Å². The minimum atomic E-state index is -1.10. The van der Waals surface area contributed by atoms with Crippen LogP contribution in [-0.4, -0.2) is 48.8 Å². The summed E-state index contributed by atoms with van der Waals surface area (Å²) < 4.78 is 18.5. The third-order valence-corrected chi connectivity index (χ3v) is 6.17. The summed E-state index contributed by atoms with van der Waals surface area (Å²) in [7, 11) is 3.14. The lowest BCUT2D eigenvalue weighted by Gasteiger charge is -2.38. The van der Waals surface area contributed by atoms with E-state index >= 15 is 0 Å². The molecule has 1 amide bonds. The van der Waals surface area contributed by atoms with E-state index in [4.69, 9.17) is 19.2 Å². The van der Waals surface area contributed by atoms with Crippen molar-refractivity contribution >= 4 is 28.9 Å². The first-order valence-electron chi connectivity index (χ1n) is 11.6. The van der Waals surface area contributed by atoms with E-state index in [0.717, 1.165) is 17.5 Å². The third-order valence-electron chi connectivity index (χ3n) is 6.17. The van der Waals surface area contributed by atoms with Crippen LogP contribution in [0.15, 0.2) is 42.5 Å². The van der Waals surface area contributed by atoms with Gasteiger partial charge in [-0.25, -0.2) is 4.98 Å². The minimum Gasteiger partial charge on any atom is -0.497 e. The number of amides is 1. The van der Waals surface area contributed by atoms with Crippen molar-refractivity contribution in [1.82, 2.24) is 9.55 Å². The Labute approximate surface area is 199 Å². The van der Waals surface area contributed by atoms with Gasteiger partial charge in [0.2, 0.25) is 11.9 Å². The molecule has 0 radical (unpaired) electrons. The van der Waals surface area contributed by atoms with E-state index < -0.39 is 17.9 Å². The number of fused-ring (bicyclic) bond motifs is 3. The molecule has 3 aromatic rings. The summed E-state index contributed by atoms with van der Waals surface area (Å²) in [6, 6.07) is 12.4. The Kier molecular flexibility index (Phi) is 6.77. The van der Waals surface area contributed by atoms with Crippen molar-refractivity contribution in [3.8, 4) is 11.5 Å². The number of imidazole rings is 1. The van der Waals surface area contributed by atoms with Crippen LogP contribution in [0, 0.1) is 11.8 Å². The molecule has 0 aliphatic carbocycles. The highest BCUT2D eigenvalue weighted by atomic mass is 16.5. The van der Waals surface area contributed by atoms with Gasteiger partial charge in [-0.15, -0.1) is 0 Å². The number of hydrogen-bond acceptors (Lipinski definition) is 6. The average molecular weight is 466 g/mol. The molecule has 0 bridgehead atoms. The Morgan fingerprint density at radius 1 is 1.12 bits per heavy atom. The predicted molar refractivity (Wildman–Crippen MR) is 129 cm³/mol. The number of nitrogens with zero attached hydrogens (tertiary/aromatic N) is 3. The Hall–Kier alpha value is -3.55. The number of esters is 1. The van der Waals surface area contributed by atoms with Crippen LogP contribution in [0.5, 0.6) is 11.5 Å². The fraction of sp³-hybridized carbons (Fsp3) is 0.423. The van der Waals surface area contributed by atoms with Crippen LogP contribution in [-0.2, 0) is 14.3 Å². The molecule has 8 nitrogen and oxygen atoms in total. The van der Waals surface area contributed by atoms with E-state index in [-0.39, 0.29) is 12.5 Å².